The van der Waals surface area contributed by atoms with Crippen LogP contribution in [0.1, 0.15) is 43.0 Å². The van der Waals surface area contributed by atoms with Crippen molar-refractivity contribution >= 4 is 17.8 Å². The Kier molecular flexibility index (Phi) is 5.41. The van der Waals surface area contributed by atoms with Crippen molar-refractivity contribution in [1.82, 2.24) is 10.2 Å². The number of furan rings is 1. The van der Waals surface area contributed by atoms with Gasteiger partial charge in [0, 0.05) is 24.9 Å². The second-order valence-corrected chi connectivity index (χ2v) is 6.04. The number of rotatable bonds is 5. The normalized spacial score (nSPS) is 15.7. The molecule has 0 aromatic carbocycles. The summed E-state index contributed by atoms with van der Waals surface area (Å²) >= 11 is 0. The Labute approximate surface area is 134 Å². The topological polar surface area (TPSA) is 99.9 Å². The molecule has 1 saturated heterocycles. The first-order valence-electron chi connectivity index (χ1n) is 7.77. The molecule has 2 rings (SSSR count). The van der Waals surface area contributed by atoms with E-state index in [1.54, 1.807) is 4.90 Å². The Morgan fingerprint density at radius 3 is 2.48 bits per heavy atom. The molecule has 7 nitrogen and oxygen atoms in total. The van der Waals surface area contributed by atoms with Crippen molar-refractivity contribution in [3.63, 3.8) is 0 Å². The van der Waals surface area contributed by atoms with Crippen molar-refractivity contribution in [3.8, 4) is 0 Å². The first-order valence-corrected chi connectivity index (χ1v) is 7.77. The number of nitrogens with one attached hydrogen (secondary N) is 1. The van der Waals surface area contributed by atoms with Gasteiger partial charge in [0.25, 0.3) is 0 Å². The fourth-order valence-electron chi connectivity index (χ4n) is 2.63. The molecule has 0 bridgehead atoms. The van der Waals surface area contributed by atoms with Crippen molar-refractivity contribution in [2.24, 2.45) is 11.8 Å². The van der Waals surface area contributed by atoms with E-state index in [9.17, 15) is 14.4 Å². The molecule has 0 saturated carbocycles. The number of carboxylic acids is 1. The number of hydrogen-bond acceptors (Lipinski definition) is 4. The van der Waals surface area contributed by atoms with E-state index in [1.165, 1.54) is 12.1 Å². The van der Waals surface area contributed by atoms with E-state index in [0.29, 0.717) is 31.7 Å². The van der Waals surface area contributed by atoms with E-state index in [-0.39, 0.29) is 36.0 Å². The van der Waals surface area contributed by atoms with E-state index >= 15 is 0 Å². The molecule has 23 heavy (non-hydrogen) atoms. The third-order valence-corrected chi connectivity index (χ3v) is 3.98. The predicted molar refractivity (Wildman–Crippen MR) is 81.7 cm³/mol. The van der Waals surface area contributed by atoms with Gasteiger partial charge in [-0.2, -0.15) is 0 Å². The summed E-state index contributed by atoms with van der Waals surface area (Å²) in [4.78, 5) is 36.6. The summed E-state index contributed by atoms with van der Waals surface area (Å²) in [5.41, 5.74) is 0. The number of likely N-dealkylation sites (tertiary alicyclic amines) is 1. The summed E-state index contributed by atoms with van der Waals surface area (Å²) < 4.78 is 5.09. The number of aromatic carboxylic acids is 1. The zero-order valence-electron chi connectivity index (χ0n) is 13.4. The van der Waals surface area contributed by atoms with Gasteiger partial charge in [-0.3, -0.25) is 9.59 Å². The van der Waals surface area contributed by atoms with Crippen molar-refractivity contribution in [2.75, 3.05) is 13.1 Å². The number of carbonyl (C=O) groups is 3. The minimum atomic E-state index is -1.13. The highest BCUT2D eigenvalue weighted by atomic mass is 16.4. The van der Waals surface area contributed by atoms with Gasteiger partial charge in [0.1, 0.15) is 5.76 Å². The summed E-state index contributed by atoms with van der Waals surface area (Å²) in [6.45, 7) is 5.10. The van der Waals surface area contributed by atoms with Crippen molar-refractivity contribution in [2.45, 2.75) is 33.2 Å². The molecular weight excluding hydrogens is 300 g/mol. The largest absolute Gasteiger partial charge is 0.475 e. The maximum Gasteiger partial charge on any atom is 0.371 e. The van der Waals surface area contributed by atoms with Crippen LogP contribution < -0.4 is 5.32 Å². The van der Waals surface area contributed by atoms with E-state index in [0.717, 1.165) is 0 Å². The standard InChI is InChI=1S/C16H22N2O5/c1-10(2)15(20)18-7-5-11(6-8-18)14(19)17-9-12-3-4-13(23-12)16(21)22/h3-4,10-11H,5-9H2,1-2H3,(H,17,19)(H,21,22). The van der Waals surface area contributed by atoms with Crippen molar-refractivity contribution in [3.05, 3.63) is 23.7 Å². The first-order chi connectivity index (χ1) is 10.9. The Morgan fingerprint density at radius 1 is 1.30 bits per heavy atom. The van der Waals surface area contributed by atoms with Crippen LogP contribution in [0.5, 0.6) is 0 Å². The van der Waals surface area contributed by atoms with E-state index in [2.05, 4.69) is 5.32 Å². The maximum absolute atomic E-state index is 12.1. The van der Waals surface area contributed by atoms with Crippen LogP contribution in [-0.2, 0) is 16.1 Å². The molecule has 1 aromatic heterocycles. The summed E-state index contributed by atoms with van der Waals surface area (Å²) in [5, 5.41) is 11.5. The van der Waals surface area contributed by atoms with Crippen LogP contribution in [0.3, 0.4) is 0 Å². The molecule has 2 amide bonds. The average Bonchev–Trinajstić information content (AvgIpc) is 3.01. The van der Waals surface area contributed by atoms with Gasteiger partial charge in [0.15, 0.2) is 0 Å². The quantitative estimate of drug-likeness (QED) is 0.855. The number of carboxylic acid groups (broad SMARTS) is 1. The fourth-order valence-corrected chi connectivity index (χ4v) is 2.63. The minimum absolute atomic E-state index is 0.0252. The molecule has 1 aliphatic rings. The number of hydrogen-bond donors (Lipinski definition) is 2. The van der Waals surface area contributed by atoms with Gasteiger partial charge < -0.3 is 19.7 Å². The summed E-state index contributed by atoms with van der Waals surface area (Å²) in [6.07, 6.45) is 1.28. The Morgan fingerprint density at radius 2 is 1.96 bits per heavy atom. The fraction of sp³-hybridized carbons (Fsp3) is 0.562. The van der Waals surface area contributed by atoms with Crippen LogP contribution in [0, 0.1) is 11.8 Å². The molecule has 126 valence electrons. The number of amides is 2. The van der Waals surface area contributed by atoms with Crippen LogP contribution in [0.15, 0.2) is 16.5 Å². The second-order valence-electron chi connectivity index (χ2n) is 6.04. The lowest BCUT2D eigenvalue weighted by Gasteiger charge is -2.32. The van der Waals surface area contributed by atoms with Gasteiger partial charge in [-0.05, 0) is 25.0 Å². The van der Waals surface area contributed by atoms with Crippen molar-refractivity contribution in [1.29, 1.82) is 0 Å². The summed E-state index contributed by atoms with van der Waals surface area (Å²) in [5.74, 6) is -0.985. The Bertz CT molecular complexity index is 585. The zero-order valence-corrected chi connectivity index (χ0v) is 13.4. The molecule has 1 aromatic rings. The summed E-state index contributed by atoms with van der Waals surface area (Å²) in [6, 6.07) is 2.90. The van der Waals surface area contributed by atoms with E-state index in [4.69, 9.17) is 9.52 Å². The molecule has 0 spiro atoms. The number of nitrogens with zero attached hydrogens (tertiary/aromatic N) is 1. The van der Waals surface area contributed by atoms with Gasteiger partial charge in [0.05, 0.1) is 6.54 Å². The van der Waals surface area contributed by atoms with E-state index in [1.807, 2.05) is 13.8 Å². The third kappa shape index (κ3) is 4.34. The smallest absolute Gasteiger partial charge is 0.371 e. The highest BCUT2D eigenvalue weighted by Gasteiger charge is 2.28. The third-order valence-electron chi connectivity index (χ3n) is 3.98. The molecule has 0 aliphatic carbocycles. The molecule has 0 atom stereocenters. The molecule has 7 heteroatoms. The predicted octanol–water partition coefficient (Wildman–Crippen LogP) is 1.49. The second kappa shape index (κ2) is 7.30. The van der Waals surface area contributed by atoms with Crippen molar-refractivity contribution < 1.29 is 23.9 Å². The van der Waals surface area contributed by atoms with Crippen LogP contribution in [-0.4, -0.2) is 40.9 Å². The van der Waals surface area contributed by atoms with Crippen LogP contribution >= 0.6 is 0 Å². The lowest BCUT2D eigenvalue weighted by Crippen LogP contribution is -2.44. The molecule has 0 radical (unpaired) electrons. The SMILES string of the molecule is CC(C)C(=O)N1CCC(C(=O)NCc2ccc(C(=O)O)o2)CC1. The molecule has 2 heterocycles. The first kappa shape index (κ1) is 17.1. The zero-order chi connectivity index (χ0) is 17.0. The highest BCUT2D eigenvalue weighted by molar-refractivity contribution is 5.84. The van der Waals surface area contributed by atoms with Gasteiger partial charge in [-0.15, -0.1) is 0 Å². The Balaban J connectivity index is 1.78. The lowest BCUT2D eigenvalue weighted by atomic mass is 9.95. The molecule has 1 aliphatic heterocycles. The molecular formula is C16H22N2O5. The molecule has 1 fully saturated rings. The van der Waals surface area contributed by atoms with Crippen LogP contribution in [0.2, 0.25) is 0 Å². The molecule has 0 unspecified atom stereocenters. The summed E-state index contributed by atoms with van der Waals surface area (Å²) in [7, 11) is 0. The average molecular weight is 322 g/mol. The Hall–Kier alpha value is -2.31. The minimum Gasteiger partial charge on any atom is -0.475 e. The van der Waals surface area contributed by atoms with Gasteiger partial charge >= 0.3 is 5.97 Å². The monoisotopic (exact) mass is 322 g/mol. The van der Waals surface area contributed by atoms with Gasteiger partial charge in [-0.25, -0.2) is 4.79 Å². The van der Waals surface area contributed by atoms with Crippen LogP contribution in [0.25, 0.3) is 0 Å². The van der Waals surface area contributed by atoms with Gasteiger partial charge in [0.2, 0.25) is 17.6 Å². The van der Waals surface area contributed by atoms with Crippen LogP contribution in [0.4, 0.5) is 0 Å². The maximum atomic E-state index is 12.1. The van der Waals surface area contributed by atoms with E-state index < -0.39 is 5.97 Å². The number of carbonyl (C=O) groups excluding carboxylic acids is 2. The highest BCUT2D eigenvalue weighted by Crippen LogP contribution is 2.19. The van der Waals surface area contributed by atoms with Gasteiger partial charge in [-0.1, -0.05) is 13.8 Å². The number of piperidine rings is 1. The lowest BCUT2D eigenvalue weighted by molar-refractivity contribution is -0.138. The molecule has 2 N–H and O–H groups in total.